The Labute approximate surface area is 115 Å². The second-order valence-electron chi connectivity index (χ2n) is 3.94. The molecule has 0 aromatic heterocycles. The van der Waals surface area contributed by atoms with Gasteiger partial charge in [-0.05, 0) is 19.1 Å². The summed E-state index contributed by atoms with van der Waals surface area (Å²) in [4.78, 5) is 24.3. The normalized spacial score (nSPS) is 17.4. The molecule has 1 heterocycles. The maximum atomic E-state index is 12.0. The molecule has 1 aliphatic rings. The number of hydrogen-bond acceptors (Lipinski definition) is 5. The van der Waals surface area contributed by atoms with E-state index in [9.17, 15) is 9.59 Å². The molecule has 6 heteroatoms. The largest absolute Gasteiger partial charge is 0.495 e. The lowest BCUT2D eigenvalue weighted by molar-refractivity contribution is -0.143. The number of carbonyl (C=O) groups excluding carboxylic acids is 2. The maximum Gasteiger partial charge on any atom is 0.307 e. The summed E-state index contributed by atoms with van der Waals surface area (Å²) in [5.41, 5.74) is 0.667. The maximum absolute atomic E-state index is 12.0. The zero-order valence-corrected chi connectivity index (χ0v) is 11.6. The smallest absolute Gasteiger partial charge is 0.307 e. The van der Waals surface area contributed by atoms with Crippen LogP contribution >= 0.6 is 11.8 Å². The quantitative estimate of drug-likeness (QED) is 0.856. The Morgan fingerprint density at radius 2 is 2.26 bits per heavy atom. The number of amides is 1. The number of para-hydroxylation sites is 1. The molecule has 102 valence electrons. The van der Waals surface area contributed by atoms with Gasteiger partial charge in [-0.2, -0.15) is 0 Å². The number of benzene rings is 1. The van der Waals surface area contributed by atoms with E-state index in [-0.39, 0.29) is 18.3 Å². The highest BCUT2D eigenvalue weighted by molar-refractivity contribution is 8.01. The fraction of sp³-hybridized carbons (Fsp3) is 0.385. The highest BCUT2D eigenvalue weighted by atomic mass is 32.2. The van der Waals surface area contributed by atoms with Crippen LogP contribution in [0.4, 0.5) is 5.69 Å². The summed E-state index contributed by atoms with van der Waals surface area (Å²) in [7, 11) is 1.55. The lowest BCUT2D eigenvalue weighted by Gasteiger charge is -2.24. The average molecular weight is 281 g/mol. The molecule has 0 saturated carbocycles. The Morgan fingerprint density at radius 3 is 2.95 bits per heavy atom. The summed E-state index contributed by atoms with van der Waals surface area (Å²) < 4.78 is 10.1. The SMILES string of the molecule is CCOC(=O)CC1Sc2cccc(OC)c2NC1=O. The molecule has 0 spiro atoms. The summed E-state index contributed by atoms with van der Waals surface area (Å²) in [5.74, 6) is 0.0597. The third kappa shape index (κ3) is 3.01. The molecule has 0 saturated heterocycles. The number of hydrogen-bond donors (Lipinski definition) is 1. The van der Waals surface area contributed by atoms with Gasteiger partial charge in [0.15, 0.2) is 0 Å². The van der Waals surface area contributed by atoms with Crippen molar-refractivity contribution in [1.82, 2.24) is 0 Å². The molecule has 1 N–H and O–H groups in total. The molecular weight excluding hydrogens is 266 g/mol. The number of esters is 1. The van der Waals surface area contributed by atoms with Crippen molar-refractivity contribution < 1.29 is 19.1 Å². The molecule has 1 unspecified atom stereocenters. The van der Waals surface area contributed by atoms with Gasteiger partial charge in [-0.15, -0.1) is 11.8 Å². The van der Waals surface area contributed by atoms with Crippen molar-refractivity contribution in [2.75, 3.05) is 19.0 Å². The van der Waals surface area contributed by atoms with Gasteiger partial charge in [-0.25, -0.2) is 0 Å². The Kier molecular flexibility index (Phi) is 4.31. The van der Waals surface area contributed by atoms with Crippen molar-refractivity contribution in [3.05, 3.63) is 18.2 Å². The van der Waals surface area contributed by atoms with Crippen LogP contribution in [-0.4, -0.2) is 30.8 Å². The van der Waals surface area contributed by atoms with Gasteiger partial charge in [0.1, 0.15) is 5.75 Å². The Hall–Kier alpha value is -1.69. The number of ether oxygens (including phenoxy) is 2. The van der Waals surface area contributed by atoms with Gasteiger partial charge in [0.25, 0.3) is 0 Å². The summed E-state index contributed by atoms with van der Waals surface area (Å²) >= 11 is 1.36. The molecule has 5 nitrogen and oxygen atoms in total. The summed E-state index contributed by atoms with van der Waals surface area (Å²) in [6, 6.07) is 5.52. The van der Waals surface area contributed by atoms with Gasteiger partial charge in [0, 0.05) is 4.90 Å². The van der Waals surface area contributed by atoms with Crippen molar-refractivity contribution in [2.24, 2.45) is 0 Å². The first kappa shape index (κ1) is 13.7. The van der Waals surface area contributed by atoms with E-state index in [1.54, 1.807) is 20.1 Å². The number of carbonyl (C=O) groups is 2. The first-order valence-corrected chi connectivity index (χ1v) is 6.83. The number of thioether (sulfide) groups is 1. The molecule has 1 aromatic carbocycles. The number of rotatable bonds is 4. The van der Waals surface area contributed by atoms with Crippen LogP contribution in [0.3, 0.4) is 0 Å². The molecule has 0 fully saturated rings. The molecule has 0 radical (unpaired) electrons. The zero-order chi connectivity index (χ0) is 13.8. The van der Waals surface area contributed by atoms with Gasteiger partial charge in [-0.3, -0.25) is 9.59 Å². The minimum absolute atomic E-state index is 0.0704. The van der Waals surface area contributed by atoms with E-state index in [0.717, 1.165) is 4.90 Å². The Morgan fingerprint density at radius 1 is 1.47 bits per heavy atom. The second-order valence-corrected chi connectivity index (χ2v) is 5.18. The number of anilines is 1. The fourth-order valence-electron chi connectivity index (χ4n) is 1.82. The van der Waals surface area contributed by atoms with Crippen molar-refractivity contribution >= 4 is 29.3 Å². The minimum atomic E-state index is -0.460. The predicted molar refractivity (Wildman–Crippen MR) is 72.5 cm³/mol. The number of nitrogens with one attached hydrogen (secondary N) is 1. The standard InChI is InChI=1S/C13H15NO4S/c1-3-18-11(15)7-10-13(16)14-12-8(17-2)5-4-6-9(12)19-10/h4-6,10H,3,7H2,1-2H3,(H,14,16). The van der Waals surface area contributed by atoms with Gasteiger partial charge in [-0.1, -0.05) is 6.07 Å². The van der Waals surface area contributed by atoms with E-state index in [2.05, 4.69) is 5.32 Å². The minimum Gasteiger partial charge on any atom is -0.495 e. The van der Waals surface area contributed by atoms with E-state index >= 15 is 0 Å². The first-order valence-electron chi connectivity index (χ1n) is 5.95. The summed E-state index contributed by atoms with van der Waals surface area (Å²) in [6.07, 6.45) is 0.0704. The van der Waals surface area contributed by atoms with Crippen LogP contribution < -0.4 is 10.1 Å². The van der Waals surface area contributed by atoms with Crippen LogP contribution in [0.15, 0.2) is 23.1 Å². The molecule has 0 aliphatic carbocycles. The van der Waals surface area contributed by atoms with Gasteiger partial charge >= 0.3 is 5.97 Å². The molecule has 1 amide bonds. The Bertz CT molecular complexity index is 503. The van der Waals surface area contributed by atoms with Crippen molar-refractivity contribution in [2.45, 2.75) is 23.5 Å². The highest BCUT2D eigenvalue weighted by Gasteiger charge is 2.30. The molecule has 19 heavy (non-hydrogen) atoms. The Balaban J connectivity index is 2.16. The van der Waals surface area contributed by atoms with E-state index in [1.165, 1.54) is 11.8 Å². The molecule has 2 rings (SSSR count). The lowest BCUT2D eigenvalue weighted by atomic mass is 10.2. The summed E-state index contributed by atoms with van der Waals surface area (Å²) in [5, 5.41) is 2.32. The molecule has 1 aliphatic heterocycles. The van der Waals surface area contributed by atoms with Gasteiger partial charge in [0.05, 0.1) is 31.1 Å². The molecule has 1 aromatic rings. The van der Waals surface area contributed by atoms with Crippen LogP contribution in [0.25, 0.3) is 0 Å². The van der Waals surface area contributed by atoms with Crippen LogP contribution in [0, 0.1) is 0 Å². The predicted octanol–water partition coefficient (Wildman–Crippen LogP) is 2.06. The van der Waals surface area contributed by atoms with Gasteiger partial charge < -0.3 is 14.8 Å². The van der Waals surface area contributed by atoms with Crippen molar-refractivity contribution in [3.8, 4) is 5.75 Å². The topological polar surface area (TPSA) is 64.6 Å². The first-order chi connectivity index (χ1) is 9.15. The van der Waals surface area contributed by atoms with Crippen LogP contribution in [0.1, 0.15) is 13.3 Å². The van der Waals surface area contributed by atoms with Crippen LogP contribution in [0.5, 0.6) is 5.75 Å². The molecular formula is C13H15NO4S. The van der Waals surface area contributed by atoms with E-state index < -0.39 is 5.25 Å². The third-order valence-corrected chi connectivity index (χ3v) is 3.93. The van der Waals surface area contributed by atoms with E-state index in [0.29, 0.717) is 18.0 Å². The number of fused-ring (bicyclic) bond motifs is 1. The third-order valence-electron chi connectivity index (χ3n) is 2.68. The highest BCUT2D eigenvalue weighted by Crippen LogP contribution is 2.41. The van der Waals surface area contributed by atoms with Crippen molar-refractivity contribution in [1.29, 1.82) is 0 Å². The van der Waals surface area contributed by atoms with Gasteiger partial charge in [0.2, 0.25) is 5.91 Å². The van der Waals surface area contributed by atoms with Crippen LogP contribution in [-0.2, 0) is 14.3 Å². The summed E-state index contributed by atoms with van der Waals surface area (Å²) in [6.45, 7) is 2.06. The fourth-order valence-corrected chi connectivity index (χ4v) is 2.94. The zero-order valence-electron chi connectivity index (χ0n) is 10.8. The number of methoxy groups -OCH3 is 1. The average Bonchev–Trinajstić information content (AvgIpc) is 2.39. The van der Waals surface area contributed by atoms with Crippen molar-refractivity contribution in [3.63, 3.8) is 0 Å². The second kappa shape index (κ2) is 5.97. The molecule has 0 bridgehead atoms. The molecule has 1 atom stereocenters. The van der Waals surface area contributed by atoms with Crippen LogP contribution in [0.2, 0.25) is 0 Å². The van der Waals surface area contributed by atoms with E-state index in [4.69, 9.17) is 9.47 Å². The van der Waals surface area contributed by atoms with E-state index in [1.807, 2.05) is 12.1 Å². The monoisotopic (exact) mass is 281 g/mol. The lowest BCUT2D eigenvalue weighted by Crippen LogP contribution is -2.31.